The molecule has 0 spiro atoms. The van der Waals surface area contributed by atoms with E-state index in [0.717, 1.165) is 30.0 Å². The topological polar surface area (TPSA) is 82.8 Å². The Kier molecular flexibility index (Phi) is 4.71. The van der Waals surface area contributed by atoms with E-state index in [4.69, 9.17) is 0 Å². The molecule has 3 aromatic heterocycles. The number of amides is 1. The molecule has 4 rings (SSSR count). The number of thiazole rings is 1. The van der Waals surface area contributed by atoms with Crippen molar-refractivity contribution in [1.29, 1.82) is 0 Å². The zero-order chi connectivity index (χ0) is 18.1. The fourth-order valence-electron chi connectivity index (χ4n) is 3.36. The number of piperidine rings is 1. The number of hydrogen-bond donors (Lipinski definition) is 2. The average Bonchev–Trinajstić information content (AvgIpc) is 3.27. The molecular formula is C18H21N5O2S. The number of pyridine rings is 1. The minimum atomic E-state index is -0.606. The second-order valence-corrected chi connectivity index (χ2v) is 7.42. The second kappa shape index (κ2) is 7.14. The maximum absolute atomic E-state index is 12.6. The molecule has 0 radical (unpaired) electrons. The molecule has 8 heteroatoms. The van der Waals surface area contributed by atoms with Gasteiger partial charge in [0.2, 0.25) is 0 Å². The molecule has 0 bridgehead atoms. The summed E-state index contributed by atoms with van der Waals surface area (Å²) in [5.41, 5.74) is 4.99. The van der Waals surface area contributed by atoms with Gasteiger partial charge in [-0.05, 0) is 25.0 Å². The Balaban J connectivity index is 1.39. The van der Waals surface area contributed by atoms with Crippen LogP contribution in [0.5, 0.6) is 0 Å². The number of carbonyl (C=O) groups is 1. The Bertz CT molecular complexity index is 908. The number of aliphatic hydroxyl groups excluding tert-OH is 1. The van der Waals surface area contributed by atoms with Gasteiger partial charge in [0.1, 0.15) is 11.3 Å². The predicted octanol–water partition coefficient (Wildman–Crippen LogP) is 1.46. The van der Waals surface area contributed by atoms with E-state index in [9.17, 15) is 9.90 Å². The summed E-state index contributed by atoms with van der Waals surface area (Å²) in [6, 6.07) is 3.62. The zero-order valence-electron chi connectivity index (χ0n) is 14.5. The van der Waals surface area contributed by atoms with E-state index in [1.807, 2.05) is 40.5 Å². The first-order chi connectivity index (χ1) is 12.6. The minimum absolute atomic E-state index is 0.245. The van der Waals surface area contributed by atoms with Crippen molar-refractivity contribution in [2.75, 3.05) is 13.1 Å². The van der Waals surface area contributed by atoms with Crippen LogP contribution in [0.25, 0.3) is 5.65 Å². The van der Waals surface area contributed by atoms with E-state index >= 15 is 0 Å². The summed E-state index contributed by atoms with van der Waals surface area (Å²) in [6.07, 6.45) is 3.69. The molecular weight excluding hydrogens is 350 g/mol. The molecule has 0 saturated carbocycles. The summed E-state index contributed by atoms with van der Waals surface area (Å²) in [6.45, 7) is 4.02. The van der Waals surface area contributed by atoms with Gasteiger partial charge < -0.3 is 14.8 Å². The van der Waals surface area contributed by atoms with Crippen molar-refractivity contribution in [3.05, 3.63) is 52.4 Å². The molecule has 7 nitrogen and oxygen atoms in total. The molecule has 1 saturated heterocycles. The number of rotatable bonds is 4. The molecule has 0 aliphatic carbocycles. The molecule has 1 amide bonds. The smallest absolute Gasteiger partial charge is 0.271 e. The molecule has 136 valence electrons. The summed E-state index contributed by atoms with van der Waals surface area (Å²) in [7, 11) is 0. The molecule has 0 aromatic carbocycles. The van der Waals surface area contributed by atoms with Gasteiger partial charge in [0.05, 0.1) is 23.4 Å². The lowest BCUT2D eigenvalue weighted by Gasteiger charge is -2.35. The van der Waals surface area contributed by atoms with Gasteiger partial charge in [-0.25, -0.2) is 9.97 Å². The minimum Gasteiger partial charge on any atom is -0.390 e. The maximum Gasteiger partial charge on any atom is 0.271 e. The van der Waals surface area contributed by atoms with Crippen molar-refractivity contribution in [3.63, 3.8) is 0 Å². The van der Waals surface area contributed by atoms with Gasteiger partial charge in [0.15, 0.2) is 0 Å². The Morgan fingerprint density at radius 1 is 1.50 bits per heavy atom. The number of nitrogens with zero attached hydrogens (tertiary/aromatic N) is 4. The monoisotopic (exact) mass is 371 g/mol. The van der Waals surface area contributed by atoms with Gasteiger partial charge in [-0.2, -0.15) is 0 Å². The van der Waals surface area contributed by atoms with Crippen molar-refractivity contribution < 1.29 is 9.90 Å². The molecule has 3 aromatic rings. The fraction of sp³-hybridized carbons (Fsp3) is 0.389. The molecule has 2 N–H and O–H groups in total. The maximum atomic E-state index is 12.6. The van der Waals surface area contributed by atoms with Gasteiger partial charge >= 0.3 is 0 Å². The molecule has 2 atom stereocenters. The second-order valence-electron chi connectivity index (χ2n) is 6.70. The van der Waals surface area contributed by atoms with Crippen LogP contribution in [0.2, 0.25) is 0 Å². The molecule has 1 aliphatic rings. The number of aliphatic hydroxyl groups is 1. The number of aromatic nitrogens is 3. The first-order valence-corrected chi connectivity index (χ1v) is 9.57. The van der Waals surface area contributed by atoms with Crippen LogP contribution in [0.4, 0.5) is 0 Å². The quantitative estimate of drug-likeness (QED) is 0.726. The Labute approximate surface area is 155 Å². The predicted molar refractivity (Wildman–Crippen MR) is 99.2 cm³/mol. The third-order valence-corrected chi connectivity index (χ3v) is 5.40. The van der Waals surface area contributed by atoms with E-state index < -0.39 is 6.10 Å². The van der Waals surface area contributed by atoms with Crippen LogP contribution in [0.3, 0.4) is 0 Å². The number of aryl methyl sites for hydroxylation is 1. The molecule has 1 aliphatic heterocycles. The standard InChI is InChI=1S/C18H21N5O2S/c1-12-3-2-5-23-8-15(20-17(12)23)18(25)21-14-4-6-22(9-16(14)24)7-13-10-26-11-19-13/h2-3,5,8,10-11,14,16,24H,4,6-7,9H2,1H3,(H,21,25)/t14-,16-/m1/s1. The van der Waals surface area contributed by atoms with E-state index in [-0.39, 0.29) is 11.9 Å². The SMILES string of the molecule is Cc1cccn2cc(C(=O)N[C@@H]3CCN(Cc4cscn4)C[C@H]3O)nc12. The normalized spacial score (nSPS) is 21.2. The highest BCUT2D eigenvalue weighted by molar-refractivity contribution is 7.07. The largest absolute Gasteiger partial charge is 0.390 e. The summed E-state index contributed by atoms with van der Waals surface area (Å²) in [5, 5.41) is 15.4. The van der Waals surface area contributed by atoms with Gasteiger partial charge in [0.25, 0.3) is 5.91 Å². The van der Waals surface area contributed by atoms with Crippen LogP contribution in [0.15, 0.2) is 35.4 Å². The first kappa shape index (κ1) is 17.1. The van der Waals surface area contributed by atoms with Crippen molar-refractivity contribution in [3.8, 4) is 0 Å². The summed E-state index contributed by atoms with van der Waals surface area (Å²) in [4.78, 5) is 23.4. The van der Waals surface area contributed by atoms with Crippen LogP contribution in [0.1, 0.15) is 28.2 Å². The third-order valence-electron chi connectivity index (χ3n) is 4.76. The van der Waals surface area contributed by atoms with E-state index in [0.29, 0.717) is 18.7 Å². The number of β-amino-alcohol motifs (C(OH)–C–C–N with tert-alkyl or cyclic N) is 1. The van der Waals surface area contributed by atoms with Crippen LogP contribution < -0.4 is 5.32 Å². The zero-order valence-corrected chi connectivity index (χ0v) is 15.3. The van der Waals surface area contributed by atoms with Gasteiger partial charge in [-0.1, -0.05) is 6.07 Å². The van der Waals surface area contributed by atoms with Gasteiger partial charge in [-0.15, -0.1) is 11.3 Å². The van der Waals surface area contributed by atoms with Crippen molar-refractivity contribution >= 4 is 22.9 Å². The first-order valence-electron chi connectivity index (χ1n) is 8.63. The van der Waals surface area contributed by atoms with E-state index in [2.05, 4.69) is 20.2 Å². The van der Waals surface area contributed by atoms with Crippen LogP contribution in [-0.4, -0.2) is 55.5 Å². The van der Waals surface area contributed by atoms with Crippen LogP contribution in [-0.2, 0) is 6.54 Å². The van der Waals surface area contributed by atoms with Gasteiger partial charge in [0, 0.05) is 37.4 Å². The number of nitrogens with one attached hydrogen (secondary N) is 1. The lowest BCUT2D eigenvalue weighted by atomic mass is 10.0. The molecule has 0 unspecified atom stereocenters. The van der Waals surface area contributed by atoms with E-state index in [1.165, 1.54) is 0 Å². The van der Waals surface area contributed by atoms with E-state index in [1.54, 1.807) is 17.5 Å². The highest BCUT2D eigenvalue weighted by atomic mass is 32.1. The number of fused-ring (bicyclic) bond motifs is 1. The van der Waals surface area contributed by atoms with Crippen molar-refractivity contribution in [2.45, 2.75) is 32.0 Å². The Hall–Kier alpha value is -2.29. The number of imidazole rings is 1. The Morgan fingerprint density at radius 2 is 2.38 bits per heavy atom. The highest BCUT2D eigenvalue weighted by Gasteiger charge is 2.29. The summed E-state index contributed by atoms with van der Waals surface area (Å²) < 4.78 is 1.84. The van der Waals surface area contributed by atoms with Crippen molar-refractivity contribution in [2.24, 2.45) is 0 Å². The van der Waals surface area contributed by atoms with Gasteiger partial charge in [-0.3, -0.25) is 9.69 Å². The lowest BCUT2D eigenvalue weighted by Crippen LogP contribution is -2.53. The van der Waals surface area contributed by atoms with Crippen molar-refractivity contribution in [1.82, 2.24) is 24.6 Å². The fourth-order valence-corrected chi connectivity index (χ4v) is 3.91. The number of hydrogen-bond acceptors (Lipinski definition) is 6. The summed E-state index contributed by atoms with van der Waals surface area (Å²) >= 11 is 1.57. The Morgan fingerprint density at radius 3 is 3.12 bits per heavy atom. The molecule has 1 fully saturated rings. The lowest BCUT2D eigenvalue weighted by molar-refractivity contribution is 0.0345. The van der Waals surface area contributed by atoms with Crippen LogP contribution in [0, 0.1) is 6.92 Å². The average molecular weight is 371 g/mol. The molecule has 4 heterocycles. The number of likely N-dealkylation sites (tertiary alicyclic amines) is 1. The molecule has 26 heavy (non-hydrogen) atoms. The number of carbonyl (C=O) groups excluding carboxylic acids is 1. The highest BCUT2D eigenvalue weighted by Crippen LogP contribution is 2.16. The third kappa shape index (κ3) is 3.48. The summed E-state index contributed by atoms with van der Waals surface area (Å²) in [5.74, 6) is -0.245. The van der Waals surface area contributed by atoms with Crippen LogP contribution >= 0.6 is 11.3 Å².